The molecule has 1 saturated heterocycles. The summed E-state index contributed by atoms with van der Waals surface area (Å²) in [7, 11) is -3.09. The fraction of sp³-hybridized carbons (Fsp3) is 1.00. The van der Waals surface area contributed by atoms with Crippen molar-refractivity contribution in [2.24, 2.45) is 5.41 Å². The molecule has 0 aliphatic carbocycles. The van der Waals surface area contributed by atoms with Crippen LogP contribution < -0.4 is 0 Å². The average molecular weight is 356 g/mol. The van der Waals surface area contributed by atoms with Crippen molar-refractivity contribution in [3.63, 3.8) is 0 Å². The number of hydrogen-bond donors (Lipinski definition) is 0. The first-order valence-corrected chi connectivity index (χ1v) is 9.63. The number of rotatable bonds is 6. The summed E-state index contributed by atoms with van der Waals surface area (Å²) in [6.45, 7) is 8.11. The molecule has 1 aliphatic heterocycles. The number of nitrogens with zero attached hydrogens (tertiary/aromatic N) is 1. The van der Waals surface area contributed by atoms with Crippen LogP contribution in [0.5, 0.6) is 0 Å². The average Bonchev–Trinajstić information content (AvgIpc) is 2.34. The molecule has 0 spiro atoms. The summed E-state index contributed by atoms with van der Waals surface area (Å²) in [6, 6.07) is 0. The van der Waals surface area contributed by atoms with Crippen LogP contribution in [0.2, 0.25) is 0 Å². The van der Waals surface area contributed by atoms with Gasteiger partial charge in [-0.15, -0.1) is 0 Å². The van der Waals surface area contributed by atoms with Crippen LogP contribution in [-0.2, 0) is 14.8 Å². The van der Waals surface area contributed by atoms with Gasteiger partial charge >= 0.3 is 0 Å². The van der Waals surface area contributed by atoms with Gasteiger partial charge < -0.3 is 4.74 Å². The third kappa shape index (κ3) is 6.56. The molecule has 0 N–H and O–H groups in total. The highest BCUT2D eigenvalue weighted by atomic mass is 79.9. The van der Waals surface area contributed by atoms with Crippen LogP contribution >= 0.6 is 15.9 Å². The number of alkyl halides is 1. The second kappa shape index (κ2) is 7.38. The Kier molecular flexibility index (Phi) is 6.76. The highest BCUT2D eigenvalue weighted by molar-refractivity contribution is 9.09. The molecule has 1 heterocycles. The van der Waals surface area contributed by atoms with Gasteiger partial charge in [-0.2, -0.15) is 0 Å². The van der Waals surface area contributed by atoms with Crippen LogP contribution in [0.25, 0.3) is 0 Å². The molecule has 1 fully saturated rings. The topological polar surface area (TPSA) is 46.6 Å². The zero-order valence-corrected chi connectivity index (χ0v) is 14.6. The first kappa shape index (κ1) is 17.4. The van der Waals surface area contributed by atoms with E-state index in [2.05, 4.69) is 36.7 Å². The zero-order valence-electron chi connectivity index (χ0n) is 12.2. The number of sulfonamides is 1. The summed E-state index contributed by atoms with van der Waals surface area (Å²) in [5, 5.41) is 0.830. The van der Waals surface area contributed by atoms with E-state index in [0.717, 1.165) is 18.2 Å². The van der Waals surface area contributed by atoms with Crippen LogP contribution in [0.3, 0.4) is 0 Å². The largest absolute Gasteiger partial charge is 0.377 e. The van der Waals surface area contributed by atoms with E-state index in [9.17, 15) is 8.42 Å². The fourth-order valence-electron chi connectivity index (χ4n) is 2.05. The van der Waals surface area contributed by atoms with Gasteiger partial charge in [-0.25, -0.2) is 12.7 Å². The maximum absolute atomic E-state index is 12.2. The summed E-state index contributed by atoms with van der Waals surface area (Å²) in [6.07, 6.45) is 2.53. The molecule has 0 radical (unpaired) electrons. The molecule has 0 aromatic carbocycles. The molecule has 19 heavy (non-hydrogen) atoms. The molecule has 4 nitrogen and oxygen atoms in total. The molecule has 0 aromatic rings. The minimum absolute atomic E-state index is 0.0599. The molecule has 1 aliphatic rings. The number of halogens is 1. The monoisotopic (exact) mass is 355 g/mol. The molecule has 0 aromatic heterocycles. The summed E-state index contributed by atoms with van der Waals surface area (Å²) in [4.78, 5) is 0. The molecular weight excluding hydrogens is 330 g/mol. The van der Waals surface area contributed by atoms with Gasteiger partial charge in [0.05, 0.1) is 18.5 Å². The van der Waals surface area contributed by atoms with E-state index in [1.54, 1.807) is 4.31 Å². The number of ether oxygens (including phenoxy) is 1. The van der Waals surface area contributed by atoms with Gasteiger partial charge in [0, 0.05) is 18.4 Å². The van der Waals surface area contributed by atoms with Gasteiger partial charge in [-0.05, 0) is 24.7 Å². The summed E-state index contributed by atoms with van der Waals surface area (Å²) >= 11 is 3.33. The van der Waals surface area contributed by atoms with Gasteiger partial charge in [-0.3, -0.25) is 0 Å². The lowest BCUT2D eigenvalue weighted by Crippen LogP contribution is -2.42. The van der Waals surface area contributed by atoms with Crippen molar-refractivity contribution in [1.29, 1.82) is 0 Å². The Balaban J connectivity index is 2.41. The molecule has 0 amide bonds. The van der Waals surface area contributed by atoms with Crippen molar-refractivity contribution >= 4 is 26.0 Å². The maximum atomic E-state index is 12.2. The Morgan fingerprint density at radius 2 is 1.84 bits per heavy atom. The normalized spacial score (nSPS) is 19.8. The van der Waals surface area contributed by atoms with Gasteiger partial charge in [-0.1, -0.05) is 36.7 Å². The van der Waals surface area contributed by atoms with E-state index in [0.29, 0.717) is 26.1 Å². The highest BCUT2D eigenvalue weighted by Gasteiger charge is 2.29. The van der Waals surface area contributed by atoms with Crippen LogP contribution in [0, 0.1) is 5.41 Å². The van der Waals surface area contributed by atoms with Crippen molar-refractivity contribution in [2.75, 3.05) is 30.8 Å². The van der Waals surface area contributed by atoms with E-state index in [4.69, 9.17) is 4.74 Å². The lowest BCUT2D eigenvalue weighted by molar-refractivity contribution is 0.0309. The molecule has 114 valence electrons. The third-order valence-electron chi connectivity index (χ3n) is 3.34. The molecular formula is C13H26BrNO3S. The first-order chi connectivity index (χ1) is 8.74. The molecule has 0 bridgehead atoms. The first-order valence-electron chi connectivity index (χ1n) is 6.90. The third-order valence-corrected chi connectivity index (χ3v) is 5.53. The summed E-state index contributed by atoms with van der Waals surface area (Å²) in [5.41, 5.74) is 0.0599. The van der Waals surface area contributed by atoms with Crippen LogP contribution in [0.4, 0.5) is 0 Å². The molecule has 6 heteroatoms. The molecule has 0 atom stereocenters. The Bertz CT molecular complexity index is 357. The lowest BCUT2D eigenvalue weighted by atomic mass is 9.94. The zero-order chi connectivity index (χ0) is 14.5. The minimum atomic E-state index is -3.09. The maximum Gasteiger partial charge on any atom is 0.214 e. The molecule has 0 unspecified atom stereocenters. The second-order valence-corrected chi connectivity index (χ2v) is 9.17. The molecule has 0 saturated carbocycles. The van der Waals surface area contributed by atoms with Crippen LogP contribution in [0.15, 0.2) is 0 Å². The van der Waals surface area contributed by atoms with E-state index >= 15 is 0 Å². The van der Waals surface area contributed by atoms with Crippen molar-refractivity contribution in [3.05, 3.63) is 0 Å². The molecule has 1 rings (SSSR count). The Hall–Kier alpha value is 0.350. The minimum Gasteiger partial charge on any atom is -0.377 e. The number of piperidine rings is 1. The van der Waals surface area contributed by atoms with Crippen molar-refractivity contribution in [2.45, 2.75) is 46.1 Å². The smallest absolute Gasteiger partial charge is 0.214 e. The van der Waals surface area contributed by atoms with Gasteiger partial charge in [0.1, 0.15) is 0 Å². The lowest BCUT2D eigenvalue weighted by Gasteiger charge is -2.31. The van der Waals surface area contributed by atoms with E-state index in [-0.39, 0.29) is 17.3 Å². The van der Waals surface area contributed by atoms with Crippen LogP contribution in [-0.4, -0.2) is 49.6 Å². The Morgan fingerprint density at radius 1 is 1.26 bits per heavy atom. The van der Waals surface area contributed by atoms with Crippen molar-refractivity contribution in [1.82, 2.24) is 4.31 Å². The van der Waals surface area contributed by atoms with Gasteiger partial charge in [0.2, 0.25) is 10.0 Å². The summed E-state index contributed by atoms with van der Waals surface area (Å²) < 4.78 is 31.7. The quantitative estimate of drug-likeness (QED) is 0.688. The second-order valence-electron chi connectivity index (χ2n) is 6.28. The summed E-state index contributed by atoms with van der Waals surface area (Å²) in [5.74, 6) is 0.253. The SMILES string of the molecule is CC(C)(C)CCS(=O)(=O)N1CCC(OCCBr)CC1. The van der Waals surface area contributed by atoms with Crippen molar-refractivity contribution in [3.8, 4) is 0 Å². The fourth-order valence-corrected chi connectivity index (χ4v) is 4.14. The Morgan fingerprint density at radius 3 is 2.32 bits per heavy atom. The predicted molar refractivity (Wildman–Crippen MR) is 82.2 cm³/mol. The van der Waals surface area contributed by atoms with Gasteiger partial charge in [0.15, 0.2) is 0 Å². The van der Waals surface area contributed by atoms with E-state index in [1.807, 2.05) is 0 Å². The highest BCUT2D eigenvalue weighted by Crippen LogP contribution is 2.22. The predicted octanol–water partition coefficient (Wildman–Crippen LogP) is 2.63. The standard InChI is InChI=1S/C13H26BrNO3S/c1-13(2,3)6-11-19(16,17)15-8-4-12(5-9-15)18-10-7-14/h12H,4-11H2,1-3H3. The van der Waals surface area contributed by atoms with E-state index in [1.165, 1.54) is 0 Å². The Labute approximate surface area is 126 Å². The van der Waals surface area contributed by atoms with E-state index < -0.39 is 10.0 Å². The van der Waals surface area contributed by atoms with Gasteiger partial charge in [0.25, 0.3) is 0 Å². The van der Waals surface area contributed by atoms with Crippen molar-refractivity contribution < 1.29 is 13.2 Å². The number of hydrogen-bond acceptors (Lipinski definition) is 3. The van der Waals surface area contributed by atoms with Crippen LogP contribution in [0.1, 0.15) is 40.0 Å².